The van der Waals surface area contributed by atoms with Crippen molar-refractivity contribution in [1.82, 2.24) is 16.0 Å². The van der Waals surface area contributed by atoms with Crippen LogP contribution in [0.3, 0.4) is 0 Å². The van der Waals surface area contributed by atoms with Gasteiger partial charge in [-0.25, -0.2) is 4.79 Å². The second-order valence-corrected chi connectivity index (χ2v) is 6.31. The Kier molecular flexibility index (Phi) is 4.68. The molecular formula is C18H18N4O5. The van der Waals surface area contributed by atoms with Gasteiger partial charge >= 0.3 is 6.03 Å². The summed E-state index contributed by atoms with van der Waals surface area (Å²) in [5.74, 6) is -1.27. The lowest BCUT2D eigenvalue weighted by atomic mass is 9.92. The quantitative estimate of drug-likeness (QED) is 0.586. The van der Waals surface area contributed by atoms with E-state index in [1.54, 1.807) is 38.1 Å². The number of furan rings is 1. The van der Waals surface area contributed by atoms with Gasteiger partial charge in [-0.15, -0.1) is 0 Å². The summed E-state index contributed by atoms with van der Waals surface area (Å²) < 4.78 is 4.83. The molecule has 4 N–H and O–H groups in total. The van der Waals surface area contributed by atoms with E-state index < -0.39 is 35.3 Å². The molecule has 5 amide bonds. The first-order valence-corrected chi connectivity index (χ1v) is 8.17. The molecule has 1 saturated heterocycles. The van der Waals surface area contributed by atoms with Crippen molar-refractivity contribution in [3.8, 4) is 0 Å². The van der Waals surface area contributed by atoms with Crippen LogP contribution in [0.15, 0.2) is 47.3 Å². The van der Waals surface area contributed by atoms with E-state index in [0.29, 0.717) is 16.8 Å². The van der Waals surface area contributed by atoms with Crippen molar-refractivity contribution >= 4 is 29.4 Å². The number of benzene rings is 1. The Hall–Kier alpha value is -3.62. The van der Waals surface area contributed by atoms with Gasteiger partial charge in [-0.3, -0.25) is 19.7 Å². The Bertz CT molecular complexity index is 891. The maximum Gasteiger partial charge on any atom is 0.322 e. The molecule has 0 spiro atoms. The summed E-state index contributed by atoms with van der Waals surface area (Å²) in [6.45, 7) is 3.15. The van der Waals surface area contributed by atoms with Crippen LogP contribution in [0.25, 0.3) is 0 Å². The fourth-order valence-electron chi connectivity index (χ4n) is 2.62. The van der Waals surface area contributed by atoms with E-state index in [0.717, 1.165) is 0 Å². The molecule has 1 fully saturated rings. The molecule has 9 nitrogen and oxygen atoms in total. The van der Waals surface area contributed by atoms with E-state index in [2.05, 4.69) is 21.3 Å². The number of imide groups is 1. The van der Waals surface area contributed by atoms with Crippen LogP contribution in [0.2, 0.25) is 0 Å². The summed E-state index contributed by atoms with van der Waals surface area (Å²) in [5.41, 5.74) is 0.224. The molecule has 2 atom stereocenters. The zero-order valence-corrected chi connectivity index (χ0v) is 14.7. The molecule has 27 heavy (non-hydrogen) atoms. The van der Waals surface area contributed by atoms with Crippen molar-refractivity contribution in [3.05, 3.63) is 54.0 Å². The molecule has 0 aliphatic carbocycles. The van der Waals surface area contributed by atoms with Crippen LogP contribution in [0.5, 0.6) is 0 Å². The first-order valence-electron chi connectivity index (χ1n) is 8.17. The van der Waals surface area contributed by atoms with Gasteiger partial charge in [0.15, 0.2) is 0 Å². The van der Waals surface area contributed by atoms with Crippen LogP contribution in [-0.4, -0.2) is 29.8 Å². The van der Waals surface area contributed by atoms with Gasteiger partial charge in [-0.1, -0.05) is 12.1 Å². The Balaban J connectivity index is 1.62. The van der Waals surface area contributed by atoms with Crippen molar-refractivity contribution in [3.63, 3.8) is 0 Å². The largest absolute Gasteiger partial charge is 0.472 e. The molecule has 1 aromatic carbocycles. The summed E-state index contributed by atoms with van der Waals surface area (Å²) >= 11 is 0. The second kappa shape index (κ2) is 6.94. The zero-order valence-electron chi connectivity index (χ0n) is 14.7. The Labute approximate surface area is 154 Å². The number of carbonyl (C=O) groups is 4. The number of amides is 5. The van der Waals surface area contributed by atoms with Crippen LogP contribution in [0.4, 0.5) is 10.5 Å². The monoisotopic (exact) mass is 370 g/mol. The number of anilines is 1. The lowest BCUT2D eigenvalue weighted by molar-refractivity contribution is -0.123. The highest BCUT2D eigenvalue weighted by Crippen LogP contribution is 2.25. The van der Waals surface area contributed by atoms with E-state index in [1.807, 2.05) is 0 Å². The van der Waals surface area contributed by atoms with Gasteiger partial charge in [-0.2, -0.15) is 0 Å². The average Bonchev–Trinajstić information content (AvgIpc) is 3.24. The van der Waals surface area contributed by atoms with Gasteiger partial charge < -0.3 is 20.4 Å². The number of urea groups is 1. The van der Waals surface area contributed by atoms with Crippen LogP contribution in [-0.2, 0) is 15.1 Å². The predicted octanol–water partition coefficient (Wildman–Crippen LogP) is 1.09. The molecular weight excluding hydrogens is 352 g/mol. The zero-order chi connectivity index (χ0) is 19.6. The summed E-state index contributed by atoms with van der Waals surface area (Å²) in [5, 5.41) is 10.0. The topological polar surface area (TPSA) is 130 Å². The minimum atomic E-state index is -1.16. The smallest absolute Gasteiger partial charge is 0.322 e. The summed E-state index contributed by atoms with van der Waals surface area (Å²) in [6.07, 6.45) is 2.66. The van der Waals surface area contributed by atoms with Crippen LogP contribution >= 0.6 is 0 Å². The summed E-state index contributed by atoms with van der Waals surface area (Å²) in [6, 6.07) is 6.66. The van der Waals surface area contributed by atoms with E-state index in [1.165, 1.54) is 18.6 Å². The van der Waals surface area contributed by atoms with E-state index in [-0.39, 0.29) is 0 Å². The molecule has 0 radical (unpaired) electrons. The lowest BCUT2D eigenvalue weighted by Crippen LogP contribution is -2.41. The number of carbonyl (C=O) groups excluding carboxylic acids is 4. The highest BCUT2D eigenvalue weighted by atomic mass is 16.3. The number of hydrogen-bond acceptors (Lipinski definition) is 5. The molecule has 2 aromatic rings. The molecule has 0 bridgehead atoms. The highest BCUT2D eigenvalue weighted by molar-refractivity contribution is 6.07. The van der Waals surface area contributed by atoms with Gasteiger partial charge in [-0.05, 0) is 37.6 Å². The Morgan fingerprint density at radius 3 is 2.41 bits per heavy atom. The average molecular weight is 370 g/mol. The van der Waals surface area contributed by atoms with Gasteiger partial charge in [0, 0.05) is 5.69 Å². The van der Waals surface area contributed by atoms with Crippen molar-refractivity contribution in [2.75, 3.05) is 5.32 Å². The molecule has 1 aromatic heterocycles. The summed E-state index contributed by atoms with van der Waals surface area (Å²) in [4.78, 5) is 47.5. The van der Waals surface area contributed by atoms with E-state index >= 15 is 0 Å². The predicted molar refractivity (Wildman–Crippen MR) is 94.7 cm³/mol. The summed E-state index contributed by atoms with van der Waals surface area (Å²) in [7, 11) is 0. The SMILES string of the molecule is C[C@H](NC(=O)c1ccoc1)C(=O)Nc1ccc([C@@]2(C)NC(=O)NC2=O)cc1. The molecule has 1 aliphatic rings. The molecule has 3 rings (SSSR count). The maximum atomic E-state index is 12.2. The molecule has 1 aliphatic heterocycles. The lowest BCUT2D eigenvalue weighted by Gasteiger charge is -2.21. The van der Waals surface area contributed by atoms with Crippen LogP contribution in [0, 0.1) is 0 Å². The van der Waals surface area contributed by atoms with Gasteiger partial charge in [0.05, 0.1) is 11.8 Å². The first-order chi connectivity index (χ1) is 12.8. The van der Waals surface area contributed by atoms with E-state index in [4.69, 9.17) is 4.42 Å². The van der Waals surface area contributed by atoms with Crippen molar-refractivity contribution in [2.24, 2.45) is 0 Å². The van der Waals surface area contributed by atoms with Gasteiger partial charge in [0.1, 0.15) is 17.8 Å². The third-order valence-corrected chi connectivity index (χ3v) is 4.30. The third kappa shape index (κ3) is 3.66. The van der Waals surface area contributed by atoms with Crippen molar-refractivity contribution in [2.45, 2.75) is 25.4 Å². The Morgan fingerprint density at radius 2 is 1.85 bits per heavy atom. The number of hydrogen-bond donors (Lipinski definition) is 4. The number of nitrogens with one attached hydrogen (secondary N) is 4. The molecule has 0 saturated carbocycles. The molecule has 0 unspecified atom stereocenters. The normalized spacial score (nSPS) is 19.8. The van der Waals surface area contributed by atoms with Crippen molar-refractivity contribution < 1.29 is 23.6 Å². The Morgan fingerprint density at radius 1 is 1.15 bits per heavy atom. The molecule has 140 valence electrons. The van der Waals surface area contributed by atoms with E-state index in [9.17, 15) is 19.2 Å². The number of rotatable bonds is 5. The highest BCUT2D eigenvalue weighted by Gasteiger charge is 2.43. The maximum absolute atomic E-state index is 12.2. The molecule has 9 heteroatoms. The third-order valence-electron chi connectivity index (χ3n) is 4.30. The minimum Gasteiger partial charge on any atom is -0.472 e. The molecule has 2 heterocycles. The second-order valence-electron chi connectivity index (χ2n) is 6.31. The van der Waals surface area contributed by atoms with Crippen molar-refractivity contribution in [1.29, 1.82) is 0 Å². The van der Waals surface area contributed by atoms with Gasteiger partial charge in [0.2, 0.25) is 5.91 Å². The fourth-order valence-corrected chi connectivity index (χ4v) is 2.62. The fraction of sp³-hybridized carbons (Fsp3) is 0.222. The van der Waals surface area contributed by atoms with Gasteiger partial charge in [0.25, 0.3) is 11.8 Å². The standard InChI is InChI=1S/C18H18N4O5/c1-10(19-15(24)11-7-8-27-9-11)14(23)20-13-5-3-12(4-6-13)18(2)16(25)21-17(26)22-18/h3-10H,1-2H3,(H,19,24)(H,20,23)(H2,21,22,25,26)/t10-,18+/m0/s1. The minimum absolute atomic E-state index is 0.323. The first kappa shape index (κ1) is 18.2. The van der Waals surface area contributed by atoms with Crippen LogP contribution < -0.4 is 21.3 Å². The van der Waals surface area contributed by atoms with Crippen LogP contribution in [0.1, 0.15) is 29.8 Å².